The molecule has 0 N–H and O–H groups in total. The van der Waals surface area contributed by atoms with Gasteiger partial charge in [-0.1, -0.05) is 0 Å². The Morgan fingerprint density at radius 1 is 1.33 bits per heavy atom. The Morgan fingerprint density at radius 3 is 2.33 bits per heavy atom. The number of nitrogens with zero attached hydrogens (tertiary/aromatic N) is 2. The summed E-state index contributed by atoms with van der Waals surface area (Å²) < 4.78 is 5.72. The third-order valence-electron chi connectivity index (χ3n) is 0.666. The minimum Gasteiger partial charge on any atom is -0.392 e. The van der Waals surface area contributed by atoms with Crippen LogP contribution >= 0.6 is 45.6 Å². The van der Waals surface area contributed by atoms with Crippen LogP contribution in [0.1, 0.15) is 0 Å². The van der Waals surface area contributed by atoms with Crippen LogP contribution in [0.3, 0.4) is 0 Å². The molecule has 1 heterocycles. The minimum atomic E-state index is 0.399. The minimum absolute atomic E-state index is 0.399. The van der Waals surface area contributed by atoms with Gasteiger partial charge in [0.05, 0.1) is 0 Å². The molecule has 0 bridgehead atoms. The van der Waals surface area contributed by atoms with Crippen molar-refractivity contribution in [3.63, 3.8) is 0 Å². The van der Waals surface area contributed by atoms with Crippen LogP contribution in [0.2, 0.25) is 0 Å². The van der Waals surface area contributed by atoms with Crippen LogP contribution in [-0.2, 0) is 0 Å². The standard InChI is InChI=1S/C4H2I2N2O/c5-3-1-7-4(9-6)8-2-3/h1-2H. The zero-order chi connectivity index (χ0) is 6.69. The van der Waals surface area contributed by atoms with Crippen LogP contribution in [0.5, 0.6) is 6.01 Å². The molecule has 0 fully saturated rings. The highest BCUT2D eigenvalue weighted by atomic mass is 127. The average Bonchev–Trinajstić information content (AvgIpc) is 1.90. The molecule has 1 aromatic rings. The molecular formula is C4H2I2N2O. The van der Waals surface area contributed by atoms with E-state index in [2.05, 4.69) is 32.6 Å². The quantitative estimate of drug-likeness (QED) is 0.727. The van der Waals surface area contributed by atoms with Gasteiger partial charge in [0.1, 0.15) is 0 Å². The topological polar surface area (TPSA) is 35.0 Å². The predicted molar refractivity (Wildman–Crippen MR) is 49.4 cm³/mol. The summed E-state index contributed by atoms with van der Waals surface area (Å²) in [5.41, 5.74) is 0. The van der Waals surface area contributed by atoms with E-state index in [4.69, 9.17) is 3.07 Å². The van der Waals surface area contributed by atoms with Gasteiger partial charge in [-0.25, -0.2) is 9.97 Å². The smallest absolute Gasteiger partial charge is 0.326 e. The molecule has 0 unspecified atom stereocenters. The maximum Gasteiger partial charge on any atom is 0.326 e. The molecule has 0 radical (unpaired) electrons. The van der Waals surface area contributed by atoms with Gasteiger partial charge < -0.3 is 3.07 Å². The number of rotatable bonds is 1. The molecule has 0 saturated heterocycles. The van der Waals surface area contributed by atoms with Gasteiger partial charge in [-0.05, 0) is 22.6 Å². The van der Waals surface area contributed by atoms with Crippen molar-refractivity contribution in [3.8, 4) is 6.01 Å². The van der Waals surface area contributed by atoms with Gasteiger partial charge in [0.2, 0.25) is 0 Å². The van der Waals surface area contributed by atoms with Gasteiger partial charge in [-0.2, -0.15) is 0 Å². The summed E-state index contributed by atoms with van der Waals surface area (Å²) in [5, 5.41) is 0. The molecule has 0 aromatic carbocycles. The van der Waals surface area contributed by atoms with Crippen molar-refractivity contribution in [2.75, 3.05) is 0 Å². The van der Waals surface area contributed by atoms with E-state index >= 15 is 0 Å². The molecular weight excluding hydrogens is 346 g/mol. The highest BCUT2D eigenvalue weighted by molar-refractivity contribution is 14.1. The van der Waals surface area contributed by atoms with Crippen molar-refractivity contribution in [1.82, 2.24) is 9.97 Å². The fourth-order valence-electron chi connectivity index (χ4n) is 0.340. The van der Waals surface area contributed by atoms with Crippen LogP contribution in [0, 0.1) is 3.57 Å². The van der Waals surface area contributed by atoms with Crippen LogP contribution in [-0.4, -0.2) is 9.97 Å². The van der Waals surface area contributed by atoms with Crippen LogP contribution < -0.4 is 3.07 Å². The van der Waals surface area contributed by atoms with Gasteiger partial charge in [-0.15, -0.1) is 0 Å². The molecule has 0 saturated carbocycles. The largest absolute Gasteiger partial charge is 0.392 e. The Labute approximate surface area is 80.1 Å². The normalized spacial score (nSPS) is 9.11. The summed E-state index contributed by atoms with van der Waals surface area (Å²) in [6.07, 6.45) is 3.39. The van der Waals surface area contributed by atoms with E-state index in [0.717, 1.165) is 3.57 Å². The molecule has 0 aliphatic rings. The average molecular weight is 348 g/mol. The van der Waals surface area contributed by atoms with E-state index in [1.165, 1.54) is 0 Å². The maximum atomic E-state index is 4.71. The molecule has 3 nitrogen and oxygen atoms in total. The third-order valence-corrected chi connectivity index (χ3v) is 1.62. The number of hydrogen-bond donors (Lipinski definition) is 0. The highest BCUT2D eigenvalue weighted by Crippen LogP contribution is 2.05. The molecule has 5 heteroatoms. The van der Waals surface area contributed by atoms with Crippen molar-refractivity contribution in [2.24, 2.45) is 0 Å². The molecule has 0 amide bonds. The Morgan fingerprint density at radius 2 is 1.89 bits per heavy atom. The Bertz CT molecular complexity index is 188. The van der Waals surface area contributed by atoms with E-state index in [9.17, 15) is 0 Å². The summed E-state index contributed by atoms with van der Waals surface area (Å²) in [5.74, 6) is 0. The van der Waals surface area contributed by atoms with E-state index in [-0.39, 0.29) is 0 Å². The summed E-state index contributed by atoms with van der Waals surface area (Å²) in [4.78, 5) is 7.70. The second-order valence-electron chi connectivity index (χ2n) is 1.26. The van der Waals surface area contributed by atoms with Crippen molar-refractivity contribution >= 4 is 45.6 Å². The lowest BCUT2D eigenvalue weighted by molar-refractivity contribution is 0.642. The molecule has 0 spiro atoms. The number of hydrogen-bond acceptors (Lipinski definition) is 3. The first kappa shape index (κ1) is 7.45. The van der Waals surface area contributed by atoms with Crippen LogP contribution in [0.25, 0.3) is 0 Å². The monoisotopic (exact) mass is 348 g/mol. The van der Waals surface area contributed by atoms with Crippen molar-refractivity contribution in [1.29, 1.82) is 0 Å². The lowest BCUT2D eigenvalue weighted by Crippen LogP contribution is -1.85. The zero-order valence-corrected chi connectivity index (χ0v) is 8.53. The van der Waals surface area contributed by atoms with E-state index in [1.54, 1.807) is 35.4 Å². The van der Waals surface area contributed by atoms with E-state index in [1.807, 2.05) is 0 Å². The second-order valence-corrected chi connectivity index (χ2v) is 2.95. The Hall–Kier alpha value is 0.340. The molecule has 0 aliphatic carbocycles. The summed E-state index contributed by atoms with van der Waals surface area (Å²) in [6.45, 7) is 0. The molecule has 0 aliphatic heterocycles. The molecule has 1 rings (SSSR count). The lowest BCUT2D eigenvalue weighted by atomic mass is 10.7. The summed E-state index contributed by atoms with van der Waals surface area (Å²) >= 11 is 3.87. The van der Waals surface area contributed by atoms with Crippen LogP contribution in [0.4, 0.5) is 0 Å². The van der Waals surface area contributed by atoms with Crippen molar-refractivity contribution in [2.45, 2.75) is 0 Å². The molecule has 0 atom stereocenters. The van der Waals surface area contributed by atoms with E-state index in [0.29, 0.717) is 6.01 Å². The second kappa shape index (κ2) is 3.49. The molecule has 1 aromatic heterocycles. The summed E-state index contributed by atoms with van der Waals surface area (Å²) in [7, 11) is 0. The summed E-state index contributed by atoms with van der Waals surface area (Å²) in [6, 6.07) is 0.399. The fourth-order valence-corrected chi connectivity index (χ4v) is 0.846. The van der Waals surface area contributed by atoms with Gasteiger partial charge in [0, 0.05) is 16.0 Å². The van der Waals surface area contributed by atoms with Crippen LogP contribution in [0.15, 0.2) is 12.4 Å². The highest BCUT2D eigenvalue weighted by Gasteiger charge is 1.91. The number of aromatic nitrogens is 2. The maximum absolute atomic E-state index is 4.71. The Balaban J connectivity index is 2.88. The zero-order valence-electron chi connectivity index (χ0n) is 4.21. The van der Waals surface area contributed by atoms with Crippen molar-refractivity contribution in [3.05, 3.63) is 16.0 Å². The van der Waals surface area contributed by atoms with E-state index < -0.39 is 0 Å². The third kappa shape index (κ3) is 2.20. The first-order valence-corrected chi connectivity index (χ1v) is 4.05. The predicted octanol–water partition coefficient (Wildman–Crippen LogP) is 1.81. The number of halogens is 2. The Kier molecular flexibility index (Phi) is 2.89. The molecule has 9 heavy (non-hydrogen) atoms. The van der Waals surface area contributed by atoms with Gasteiger partial charge in [-0.3, -0.25) is 0 Å². The van der Waals surface area contributed by atoms with Gasteiger partial charge in [0.15, 0.2) is 23.0 Å². The first-order chi connectivity index (χ1) is 4.33. The fraction of sp³-hybridized carbons (Fsp3) is 0. The van der Waals surface area contributed by atoms with Gasteiger partial charge in [0.25, 0.3) is 0 Å². The first-order valence-electron chi connectivity index (χ1n) is 2.09. The SMILES string of the molecule is IOc1ncc(I)cn1. The van der Waals surface area contributed by atoms with Crippen molar-refractivity contribution < 1.29 is 3.07 Å². The lowest BCUT2D eigenvalue weighted by Gasteiger charge is -1.91. The van der Waals surface area contributed by atoms with Gasteiger partial charge >= 0.3 is 6.01 Å². The molecule has 48 valence electrons.